The van der Waals surface area contributed by atoms with Crippen molar-refractivity contribution in [1.29, 1.82) is 0 Å². The highest BCUT2D eigenvalue weighted by Gasteiger charge is 2.45. The summed E-state index contributed by atoms with van der Waals surface area (Å²) in [6.07, 6.45) is 1.68. The minimum absolute atomic E-state index is 0.224. The Hall–Kier alpha value is -1.91. The van der Waals surface area contributed by atoms with Crippen molar-refractivity contribution in [2.24, 2.45) is 4.99 Å². The minimum Gasteiger partial charge on any atom is -0.283 e. The van der Waals surface area contributed by atoms with E-state index in [1.807, 2.05) is 38.3 Å². The summed E-state index contributed by atoms with van der Waals surface area (Å²) in [5, 5.41) is 0.888. The van der Waals surface area contributed by atoms with E-state index >= 15 is 0 Å². The minimum atomic E-state index is -0.510. The zero-order valence-electron chi connectivity index (χ0n) is 14.9. The third kappa shape index (κ3) is 2.32. The van der Waals surface area contributed by atoms with Crippen molar-refractivity contribution >= 4 is 40.1 Å². The van der Waals surface area contributed by atoms with E-state index in [1.54, 1.807) is 24.5 Å². The van der Waals surface area contributed by atoms with Gasteiger partial charge in [0.15, 0.2) is 0 Å². The van der Waals surface area contributed by atoms with E-state index < -0.39 is 11.0 Å². The summed E-state index contributed by atoms with van der Waals surface area (Å²) < 4.78 is 16.7. The summed E-state index contributed by atoms with van der Waals surface area (Å²) in [4.78, 5) is 9.41. The van der Waals surface area contributed by atoms with Crippen LogP contribution in [0.4, 0.5) is 4.39 Å². The van der Waals surface area contributed by atoms with Gasteiger partial charge in [-0.2, -0.15) is 0 Å². The lowest BCUT2D eigenvalue weighted by Crippen LogP contribution is -2.47. The van der Waals surface area contributed by atoms with Crippen molar-refractivity contribution in [2.75, 3.05) is 0 Å². The van der Waals surface area contributed by atoms with E-state index in [0.717, 1.165) is 11.1 Å². The molecule has 0 saturated heterocycles. The van der Waals surface area contributed by atoms with Gasteiger partial charge >= 0.3 is 0 Å². The van der Waals surface area contributed by atoms with Crippen molar-refractivity contribution in [2.45, 2.75) is 38.6 Å². The second kappa shape index (κ2) is 5.54. The average molecular weight is 390 g/mol. The molecular weight excluding hydrogens is 372 g/mol. The molecule has 3 aromatic rings. The van der Waals surface area contributed by atoms with Crippen LogP contribution in [0.2, 0.25) is 10.0 Å². The first kappa shape index (κ1) is 17.5. The van der Waals surface area contributed by atoms with Gasteiger partial charge in [-0.15, -0.1) is 0 Å². The van der Waals surface area contributed by atoms with Crippen molar-refractivity contribution < 1.29 is 4.39 Å². The molecule has 2 aromatic carbocycles. The van der Waals surface area contributed by atoms with Gasteiger partial charge < -0.3 is 0 Å². The summed E-state index contributed by atoms with van der Waals surface area (Å²) in [6.45, 7) is 8.09. The topological polar surface area (TPSA) is 30.2 Å². The summed E-state index contributed by atoms with van der Waals surface area (Å²) >= 11 is 12.3. The maximum atomic E-state index is 14.8. The molecule has 0 saturated carbocycles. The number of hydrogen-bond donors (Lipinski definition) is 0. The number of aliphatic imine (C=N–C) groups is 1. The first-order valence-corrected chi connectivity index (χ1v) is 9.11. The number of fused-ring (bicyclic) bond motifs is 2. The monoisotopic (exact) mass is 389 g/mol. The van der Waals surface area contributed by atoms with Crippen LogP contribution >= 0.6 is 23.2 Å². The van der Waals surface area contributed by atoms with E-state index in [-0.39, 0.29) is 5.82 Å². The molecule has 1 aliphatic rings. The Bertz CT molecular complexity index is 1080. The van der Waals surface area contributed by atoms with E-state index in [0.29, 0.717) is 27.0 Å². The molecule has 0 bridgehead atoms. The Balaban J connectivity index is 2.06. The number of hydrogen-bond acceptors (Lipinski definition) is 2. The standard InChI is InChI=1S/C20H18Cl2FN3/c1-19(2)17-11(6-5-7-14(17)23)18(25-20(19,3)4)26-10-24-15-8-12(21)13(22)9-16(15)26/h5-10H,1-4H3. The molecule has 1 aromatic heterocycles. The molecule has 3 nitrogen and oxygen atoms in total. The van der Waals surface area contributed by atoms with Crippen molar-refractivity contribution in [3.05, 3.63) is 63.6 Å². The van der Waals surface area contributed by atoms with E-state index in [2.05, 4.69) is 4.98 Å². The number of imidazole rings is 1. The van der Waals surface area contributed by atoms with Crippen LogP contribution in [0.3, 0.4) is 0 Å². The molecule has 2 heterocycles. The lowest BCUT2D eigenvalue weighted by atomic mass is 9.66. The Morgan fingerprint density at radius 3 is 2.46 bits per heavy atom. The number of aromatic nitrogens is 2. The largest absolute Gasteiger partial charge is 0.283 e. The lowest BCUT2D eigenvalue weighted by Gasteiger charge is -2.44. The maximum Gasteiger partial charge on any atom is 0.141 e. The Morgan fingerprint density at radius 1 is 1.04 bits per heavy atom. The molecule has 0 unspecified atom stereocenters. The van der Waals surface area contributed by atoms with Crippen LogP contribution in [0.15, 0.2) is 41.7 Å². The molecule has 0 spiro atoms. The summed E-state index contributed by atoms with van der Waals surface area (Å²) in [6, 6.07) is 8.60. The molecule has 0 fully saturated rings. The predicted octanol–water partition coefficient (Wildman–Crippen LogP) is 5.85. The highest BCUT2D eigenvalue weighted by molar-refractivity contribution is 6.42. The smallest absolute Gasteiger partial charge is 0.141 e. The van der Waals surface area contributed by atoms with Crippen LogP contribution in [0.25, 0.3) is 11.0 Å². The van der Waals surface area contributed by atoms with Crippen molar-refractivity contribution in [3.63, 3.8) is 0 Å². The van der Waals surface area contributed by atoms with Gasteiger partial charge in [0.25, 0.3) is 0 Å². The zero-order chi connectivity index (χ0) is 18.9. The Morgan fingerprint density at radius 2 is 1.73 bits per heavy atom. The highest BCUT2D eigenvalue weighted by atomic mass is 35.5. The lowest BCUT2D eigenvalue weighted by molar-refractivity contribution is 0.292. The van der Waals surface area contributed by atoms with E-state index in [1.165, 1.54) is 6.07 Å². The molecular formula is C20H18Cl2FN3. The fourth-order valence-corrected chi connectivity index (χ4v) is 3.79. The third-order valence-electron chi connectivity index (χ3n) is 5.61. The van der Waals surface area contributed by atoms with E-state index in [9.17, 15) is 4.39 Å². The second-order valence-electron chi connectivity index (χ2n) is 7.65. The first-order valence-electron chi connectivity index (χ1n) is 8.35. The van der Waals surface area contributed by atoms with Gasteiger partial charge in [-0.05, 0) is 32.0 Å². The summed E-state index contributed by atoms with van der Waals surface area (Å²) in [5.74, 6) is 0.434. The van der Waals surface area contributed by atoms with Crippen LogP contribution < -0.4 is 0 Å². The summed E-state index contributed by atoms with van der Waals surface area (Å²) in [7, 11) is 0. The predicted molar refractivity (Wildman–Crippen MR) is 105 cm³/mol. The Kier molecular flexibility index (Phi) is 3.73. The summed E-state index contributed by atoms with van der Waals surface area (Å²) in [5.41, 5.74) is 1.95. The van der Waals surface area contributed by atoms with Gasteiger partial charge in [0.2, 0.25) is 0 Å². The molecule has 0 radical (unpaired) electrons. The van der Waals surface area contributed by atoms with Crippen LogP contribution in [0, 0.1) is 5.82 Å². The molecule has 0 aliphatic carbocycles. The number of rotatable bonds is 0. The first-order chi connectivity index (χ1) is 12.1. The number of nitrogens with zero attached hydrogens (tertiary/aromatic N) is 3. The molecule has 6 heteroatoms. The third-order valence-corrected chi connectivity index (χ3v) is 6.33. The highest BCUT2D eigenvalue weighted by Crippen LogP contribution is 2.44. The maximum absolute atomic E-state index is 14.8. The van der Waals surface area contributed by atoms with Gasteiger partial charge in [0, 0.05) is 16.5 Å². The fraction of sp³-hybridized carbons (Fsp3) is 0.300. The quantitative estimate of drug-likeness (QED) is 0.474. The fourth-order valence-electron chi connectivity index (χ4n) is 3.47. The normalized spacial score (nSPS) is 17.9. The van der Waals surface area contributed by atoms with Gasteiger partial charge in [0.05, 0.1) is 26.6 Å². The van der Waals surface area contributed by atoms with Crippen LogP contribution in [0.1, 0.15) is 38.8 Å². The van der Waals surface area contributed by atoms with E-state index in [4.69, 9.17) is 28.2 Å². The molecule has 0 atom stereocenters. The van der Waals surface area contributed by atoms with Crippen molar-refractivity contribution in [3.8, 4) is 0 Å². The number of benzene rings is 2. The molecule has 0 N–H and O–H groups in total. The van der Waals surface area contributed by atoms with Crippen LogP contribution in [-0.2, 0) is 5.41 Å². The molecule has 0 amide bonds. The Labute approximate surface area is 161 Å². The van der Waals surface area contributed by atoms with Gasteiger partial charge in [-0.25, -0.2) is 9.37 Å². The SMILES string of the molecule is CC1(C)N=C(n2cnc3cc(Cl)c(Cl)cc32)c2cccc(F)c2C1(C)C. The molecule has 26 heavy (non-hydrogen) atoms. The van der Waals surface area contributed by atoms with Crippen LogP contribution in [0.5, 0.6) is 0 Å². The molecule has 4 rings (SSSR count). The number of halogens is 3. The van der Waals surface area contributed by atoms with Crippen molar-refractivity contribution in [1.82, 2.24) is 9.55 Å². The molecule has 1 aliphatic heterocycles. The zero-order valence-corrected chi connectivity index (χ0v) is 16.5. The van der Waals surface area contributed by atoms with Crippen LogP contribution in [-0.4, -0.2) is 20.9 Å². The average Bonchev–Trinajstić information content (AvgIpc) is 2.94. The second-order valence-corrected chi connectivity index (χ2v) is 8.47. The van der Waals surface area contributed by atoms with Gasteiger partial charge in [0.1, 0.15) is 18.0 Å². The van der Waals surface area contributed by atoms with Gasteiger partial charge in [-0.1, -0.05) is 49.2 Å². The molecule has 134 valence electrons. The van der Waals surface area contributed by atoms with Gasteiger partial charge in [-0.3, -0.25) is 9.56 Å².